The molecule has 0 spiro atoms. The van der Waals surface area contributed by atoms with Gasteiger partial charge in [0.2, 0.25) is 0 Å². The van der Waals surface area contributed by atoms with Crippen molar-refractivity contribution >= 4 is 32.7 Å². The van der Waals surface area contributed by atoms with Crippen LogP contribution < -0.4 is 24.8 Å². The van der Waals surface area contributed by atoms with Gasteiger partial charge in [-0.25, -0.2) is 0 Å². The summed E-state index contributed by atoms with van der Waals surface area (Å²) in [6, 6.07) is 9.87. The van der Waals surface area contributed by atoms with Crippen LogP contribution in [-0.2, 0) is 17.3 Å². The number of halogens is 3. The molecule has 12 heavy (non-hydrogen) atoms. The molecule has 1 aromatic carbocycles. The van der Waals surface area contributed by atoms with Crippen LogP contribution in [0.4, 0.5) is 0 Å². The van der Waals surface area contributed by atoms with Crippen LogP contribution in [0.3, 0.4) is 0 Å². The van der Waals surface area contributed by atoms with E-state index in [0.29, 0.717) is 0 Å². The summed E-state index contributed by atoms with van der Waals surface area (Å²) in [7, 11) is 4.76. The molecule has 0 fully saturated rings. The zero-order valence-electron chi connectivity index (χ0n) is 6.64. The molecule has 0 heterocycles. The van der Waals surface area contributed by atoms with Gasteiger partial charge in [0.15, 0.2) is 0 Å². The molecule has 60 valence electrons. The molecule has 0 radical (unpaired) electrons. The molecular weight excluding hydrogens is 280 g/mol. The molecule has 0 aliphatic heterocycles. The summed E-state index contributed by atoms with van der Waals surface area (Å²) in [6.07, 6.45) is 0. The number of hydrogen-bond acceptors (Lipinski definition) is 0. The van der Waals surface area contributed by atoms with Crippen LogP contribution in [-0.4, -0.2) is 23.1 Å². The third-order valence-corrected chi connectivity index (χ3v) is 0.843. The minimum Gasteiger partial charge on any atom is 2.00 e. The summed E-state index contributed by atoms with van der Waals surface area (Å²) in [4.78, 5) is 0. The quantitative estimate of drug-likeness (QED) is 0.339. The molecule has 0 saturated heterocycles. The zero-order valence-corrected chi connectivity index (χ0v) is 13.3. The van der Waals surface area contributed by atoms with Crippen molar-refractivity contribution in [2.75, 3.05) is 0 Å². The first-order chi connectivity index (χ1) is 4.39. The van der Waals surface area contributed by atoms with E-state index in [1.54, 1.807) is 0 Å². The summed E-state index contributed by atoms with van der Waals surface area (Å²) < 4.78 is 0. The smallest absolute Gasteiger partial charge is 2.00 e. The molecule has 1 rings (SSSR count). The Hall–Kier alpha value is 1.35. The molecule has 0 nitrogen and oxygen atoms in total. The second-order valence-corrected chi connectivity index (χ2v) is 1.49. The first-order valence-corrected chi connectivity index (χ1v) is 6.43. The average molecular weight is 287 g/mol. The van der Waals surface area contributed by atoms with Crippen LogP contribution in [0, 0.1) is 6.92 Å². The predicted molar refractivity (Wildman–Crippen MR) is 42.5 cm³/mol. The summed E-state index contributed by atoms with van der Waals surface area (Å²) >= 11 is 0.847. The Balaban J connectivity index is -0.0000000600. The molecule has 0 atom stereocenters. The van der Waals surface area contributed by atoms with Gasteiger partial charge in [-0.05, 0) is 0 Å². The van der Waals surface area contributed by atoms with Crippen molar-refractivity contribution in [1.29, 1.82) is 0 Å². The normalized spacial score (nSPS) is 5.58. The van der Waals surface area contributed by atoms with Crippen LogP contribution in [0.2, 0.25) is 0 Å². The van der Waals surface area contributed by atoms with E-state index in [1.807, 2.05) is 30.3 Å². The van der Waals surface area contributed by atoms with Gasteiger partial charge in [0, 0.05) is 0 Å². The Morgan fingerprint density at radius 3 is 1.50 bits per heavy atom. The third kappa shape index (κ3) is 13.9. The van der Waals surface area contributed by atoms with E-state index in [0.717, 1.165) is 22.9 Å². The Labute approximate surface area is 117 Å². The molecule has 0 aliphatic carbocycles. The van der Waals surface area contributed by atoms with E-state index in [1.165, 1.54) is 0 Å². The van der Waals surface area contributed by atoms with Gasteiger partial charge in [0.05, 0.1) is 0 Å². The Morgan fingerprint density at radius 1 is 1.00 bits per heavy atom. The van der Waals surface area contributed by atoms with Crippen LogP contribution in [0.25, 0.3) is 0 Å². The molecule has 0 N–H and O–H groups in total. The molecule has 0 amide bonds. The van der Waals surface area contributed by atoms with Crippen LogP contribution in [0.5, 0.6) is 0 Å². The van der Waals surface area contributed by atoms with Crippen LogP contribution >= 0.6 is 9.69 Å². The molecule has 5 heteroatoms. The van der Waals surface area contributed by atoms with Crippen molar-refractivity contribution in [2.24, 2.45) is 0 Å². The molecule has 0 saturated carbocycles. The van der Waals surface area contributed by atoms with E-state index < -0.39 is 0 Å². The van der Waals surface area contributed by atoms with Crippen molar-refractivity contribution in [3.63, 3.8) is 0 Å². The fourth-order valence-electron chi connectivity index (χ4n) is 0.478. The molecule has 1 aromatic rings. The Bertz CT molecular complexity index is 149. The van der Waals surface area contributed by atoms with E-state index in [2.05, 4.69) is 6.92 Å². The Morgan fingerprint density at radius 2 is 1.33 bits per heavy atom. The fraction of sp³-hybridized carbons (Fsp3) is 0. The molecule has 0 aromatic heterocycles. The van der Waals surface area contributed by atoms with Crippen molar-refractivity contribution < 1.29 is 42.1 Å². The third-order valence-electron chi connectivity index (χ3n) is 0.843. The Kier molecular flexibility index (Phi) is 35.3. The van der Waals surface area contributed by atoms with Crippen molar-refractivity contribution in [2.45, 2.75) is 0 Å². The molecule has 0 bridgehead atoms. The topological polar surface area (TPSA) is 0 Å². The van der Waals surface area contributed by atoms with E-state index in [-0.39, 0.29) is 47.9 Å². The molecular formula is C7H7Cl3MgZn. The first kappa shape index (κ1) is 23.3. The van der Waals surface area contributed by atoms with Crippen molar-refractivity contribution in [3.05, 3.63) is 42.8 Å². The maximum atomic E-state index is 4.76. The van der Waals surface area contributed by atoms with Crippen LogP contribution in [0.1, 0.15) is 5.56 Å². The summed E-state index contributed by atoms with van der Waals surface area (Å²) in [5, 5.41) is 0. The molecule has 0 unspecified atom stereocenters. The van der Waals surface area contributed by atoms with Crippen LogP contribution in [0.15, 0.2) is 30.3 Å². The van der Waals surface area contributed by atoms with Crippen molar-refractivity contribution in [3.8, 4) is 0 Å². The summed E-state index contributed by atoms with van der Waals surface area (Å²) in [5.74, 6) is 0. The summed E-state index contributed by atoms with van der Waals surface area (Å²) in [5.41, 5.74) is 1.07. The maximum Gasteiger partial charge on any atom is 2.00 e. The second kappa shape index (κ2) is 18.2. The number of benzene rings is 1. The largest absolute Gasteiger partial charge is 2.00 e. The van der Waals surface area contributed by atoms with E-state index in [9.17, 15) is 0 Å². The predicted octanol–water partition coefficient (Wildman–Crippen LogP) is -3.82. The van der Waals surface area contributed by atoms with Gasteiger partial charge in [-0.3, -0.25) is 0 Å². The zero-order chi connectivity index (χ0) is 7.11. The van der Waals surface area contributed by atoms with Gasteiger partial charge in [-0.2, -0.15) is 24.6 Å². The van der Waals surface area contributed by atoms with Gasteiger partial charge in [-0.15, -0.1) is 12.1 Å². The van der Waals surface area contributed by atoms with Gasteiger partial charge >= 0.3 is 50.1 Å². The minimum atomic E-state index is 0. The average Bonchev–Trinajstić information content (AvgIpc) is 1.94. The molecule has 0 aliphatic rings. The maximum absolute atomic E-state index is 4.76. The number of hydrogen-bond donors (Lipinski definition) is 0. The fourth-order valence-corrected chi connectivity index (χ4v) is 0.478. The van der Waals surface area contributed by atoms with Gasteiger partial charge < -0.3 is 24.8 Å². The van der Waals surface area contributed by atoms with Crippen molar-refractivity contribution in [1.82, 2.24) is 0 Å². The van der Waals surface area contributed by atoms with Gasteiger partial charge in [-0.1, -0.05) is 6.07 Å². The second-order valence-electron chi connectivity index (χ2n) is 1.49. The van der Waals surface area contributed by atoms with E-state index in [4.69, 9.17) is 9.69 Å². The summed E-state index contributed by atoms with van der Waals surface area (Å²) in [6.45, 7) is 3.72. The number of rotatable bonds is 0. The van der Waals surface area contributed by atoms with Gasteiger partial charge in [0.1, 0.15) is 0 Å². The first-order valence-electron chi connectivity index (χ1n) is 2.53. The monoisotopic (exact) mass is 284 g/mol. The van der Waals surface area contributed by atoms with Gasteiger partial charge in [0.25, 0.3) is 0 Å². The van der Waals surface area contributed by atoms with E-state index >= 15 is 0 Å². The SMILES string of the molecule is [CH2-]c1ccccc1.[Cl-].[Cl-].[Cl][Zn+].[Mg+2]. The standard InChI is InChI=1S/C7H7.3ClH.Mg.Zn/c1-7-5-3-2-4-6-7;;;;;/h2-6H,1H2;3*1H;;/q-1;;;;2*+2/p-3. The minimum absolute atomic E-state index is 0.